The lowest BCUT2D eigenvalue weighted by Gasteiger charge is -2.33. The highest BCUT2D eigenvalue weighted by Crippen LogP contribution is 2.31. The molecule has 1 aliphatic heterocycles. The van der Waals surface area contributed by atoms with Crippen molar-refractivity contribution in [2.45, 2.75) is 38.5 Å². The quantitative estimate of drug-likeness (QED) is 0.842. The highest BCUT2D eigenvalue weighted by molar-refractivity contribution is 7.12. The van der Waals surface area contributed by atoms with Crippen LogP contribution in [0.2, 0.25) is 0 Å². The van der Waals surface area contributed by atoms with Gasteiger partial charge in [0.25, 0.3) is 11.8 Å². The van der Waals surface area contributed by atoms with Crippen LogP contribution in [0.3, 0.4) is 0 Å². The maximum Gasteiger partial charge on any atom is 0.264 e. The maximum atomic E-state index is 13.1. The van der Waals surface area contributed by atoms with E-state index < -0.39 is 0 Å². The molecule has 1 fully saturated rings. The summed E-state index contributed by atoms with van der Waals surface area (Å²) in [7, 11) is 0. The number of halogens is 1. The number of aryl methyl sites for hydroxylation is 1. The minimum absolute atomic E-state index is 0.155. The first-order valence-electron chi connectivity index (χ1n) is 10.0. The zero-order valence-corrected chi connectivity index (χ0v) is 16.7. The Balaban J connectivity index is 1.35. The van der Waals surface area contributed by atoms with E-state index >= 15 is 0 Å². The molecule has 4 rings (SSSR count). The number of likely N-dealkylation sites (tertiary alicyclic amines) is 1. The van der Waals surface area contributed by atoms with Gasteiger partial charge >= 0.3 is 0 Å². The Bertz CT molecular complexity index is 862. The second-order valence-electron chi connectivity index (χ2n) is 7.75. The van der Waals surface area contributed by atoms with Crippen molar-refractivity contribution in [1.29, 1.82) is 0 Å². The highest BCUT2D eigenvalue weighted by Gasteiger charge is 2.28. The van der Waals surface area contributed by atoms with Crippen molar-refractivity contribution >= 4 is 23.2 Å². The molecule has 1 aromatic carbocycles. The number of piperidine rings is 1. The Morgan fingerprint density at radius 3 is 2.75 bits per heavy atom. The van der Waals surface area contributed by atoms with Crippen LogP contribution in [0.25, 0.3) is 0 Å². The smallest absolute Gasteiger partial charge is 0.264 e. The van der Waals surface area contributed by atoms with Gasteiger partial charge in [-0.1, -0.05) is 0 Å². The van der Waals surface area contributed by atoms with Crippen LogP contribution in [0, 0.1) is 11.7 Å². The van der Waals surface area contributed by atoms with Crippen molar-refractivity contribution in [2.75, 3.05) is 19.6 Å². The minimum atomic E-state index is -0.353. The van der Waals surface area contributed by atoms with Crippen LogP contribution in [0.15, 0.2) is 29.6 Å². The summed E-state index contributed by atoms with van der Waals surface area (Å²) < 4.78 is 13.0. The second-order valence-corrected chi connectivity index (χ2v) is 8.63. The normalized spacial score (nSPS) is 19.2. The van der Waals surface area contributed by atoms with E-state index in [1.807, 2.05) is 4.90 Å². The number of hydrogen-bond acceptors (Lipinski definition) is 3. The molecule has 148 valence electrons. The number of nitrogens with zero attached hydrogens (tertiary/aromatic N) is 1. The van der Waals surface area contributed by atoms with Gasteiger partial charge in [0.1, 0.15) is 5.82 Å². The molecule has 2 aliphatic rings. The monoisotopic (exact) mass is 400 g/mol. The molecule has 1 aliphatic carbocycles. The number of benzene rings is 1. The minimum Gasteiger partial charge on any atom is -0.352 e. The number of carbonyl (C=O) groups excluding carboxylic acids is 2. The average molecular weight is 401 g/mol. The fourth-order valence-electron chi connectivity index (χ4n) is 4.20. The third-order valence-electron chi connectivity index (χ3n) is 5.76. The van der Waals surface area contributed by atoms with E-state index in [4.69, 9.17) is 0 Å². The van der Waals surface area contributed by atoms with E-state index in [1.165, 1.54) is 48.2 Å². The molecule has 4 nitrogen and oxygen atoms in total. The Labute approximate surface area is 168 Å². The maximum absolute atomic E-state index is 13.1. The molecule has 0 spiro atoms. The van der Waals surface area contributed by atoms with Crippen LogP contribution in [0.5, 0.6) is 0 Å². The number of rotatable bonds is 4. The van der Waals surface area contributed by atoms with Crippen LogP contribution in [-0.2, 0) is 12.8 Å². The molecule has 28 heavy (non-hydrogen) atoms. The Hall–Kier alpha value is -2.21. The van der Waals surface area contributed by atoms with E-state index in [-0.39, 0.29) is 23.5 Å². The Morgan fingerprint density at radius 2 is 1.93 bits per heavy atom. The van der Waals surface area contributed by atoms with Crippen molar-refractivity contribution in [3.63, 3.8) is 0 Å². The van der Waals surface area contributed by atoms with Gasteiger partial charge in [-0.05, 0) is 85.2 Å². The molecular weight excluding hydrogens is 375 g/mol. The molecule has 0 bridgehead atoms. The molecule has 0 radical (unpaired) electrons. The van der Waals surface area contributed by atoms with Gasteiger partial charge in [-0.3, -0.25) is 9.59 Å². The molecule has 1 atom stereocenters. The number of fused-ring (bicyclic) bond motifs is 1. The van der Waals surface area contributed by atoms with Gasteiger partial charge in [0.05, 0.1) is 4.88 Å². The molecule has 1 unspecified atom stereocenters. The highest BCUT2D eigenvalue weighted by atomic mass is 32.1. The van der Waals surface area contributed by atoms with E-state index in [9.17, 15) is 14.0 Å². The largest absolute Gasteiger partial charge is 0.352 e. The molecule has 0 saturated carbocycles. The number of nitrogens with one attached hydrogen (secondary N) is 1. The first-order valence-corrected chi connectivity index (χ1v) is 10.9. The lowest BCUT2D eigenvalue weighted by molar-refractivity contribution is 0.0674. The first-order chi connectivity index (χ1) is 13.6. The number of amides is 2. The summed E-state index contributed by atoms with van der Waals surface area (Å²) in [6.07, 6.45) is 6.45. The molecule has 6 heteroatoms. The van der Waals surface area contributed by atoms with Crippen LogP contribution in [0.1, 0.15) is 56.8 Å². The van der Waals surface area contributed by atoms with Crippen LogP contribution in [0.4, 0.5) is 4.39 Å². The van der Waals surface area contributed by atoms with Gasteiger partial charge in [-0.15, -0.1) is 11.3 Å². The van der Waals surface area contributed by atoms with Crippen molar-refractivity contribution in [2.24, 2.45) is 5.92 Å². The van der Waals surface area contributed by atoms with Gasteiger partial charge in [0.15, 0.2) is 0 Å². The molecule has 2 aromatic rings. The zero-order chi connectivity index (χ0) is 19.5. The molecule has 1 N–H and O–H groups in total. The van der Waals surface area contributed by atoms with Crippen LogP contribution >= 0.6 is 11.3 Å². The van der Waals surface area contributed by atoms with Gasteiger partial charge in [-0.2, -0.15) is 0 Å². The standard InChI is InChI=1S/C22H25FN2O2S/c23-18-9-7-16(8-10-18)21(26)24-12-15-4-3-11-25(13-15)22(27)20-19-6-2-1-5-17(19)14-28-20/h7-10,14-15H,1-6,11-13H2,(H,24,26). The van der Waals surface area contributed by atoms with E-state index in [0.29, 0.717) is 18.7 Å². The van der Waals surface area contributed by atoms with Crippen molar-refractivity contribution < 1.29 is 14.0 Å². The Kier molecular flexibility index (Phi) is 5.76. The molecule has 1 aromatic heterocycles. The van der Waals surface area contributed by atoms with Crippen molar-refractivity contribution in [3.05, 3.63) is 57.0 Å². The summed E-state index contributed by atoms with van der Waals surface area (Å²) in [4.78, 5) is 28.2. The van der Waals surface area contributed by atoms with E-state index in [0.717, 1.165) is 37.1 Å². The van der Waals surface area contributed by atoms with Gasteiger partial charge in [0.2, 0.25) is 0 Å². The summed E-state index contributed by atoms with van der Waals surface area (Å²) in [6, 6.07) is 5.55. The second kappa shape index (κ2) is 8.43. The van der Waals surface area contributed by atoms with E-state index in [1.54, 1.807) is 11.3 Å². The summed E-state index contributed by atoms with van der Waals surface area (Å²) in [6.45, 7) is 1.99. The fourth-order valence-corrected chi connectivity index (χ4v) is 5.32. The molecular formula is C22H25FN2O2S. The molecule has 2 amide bonds. The lowest BCUT2D eigenvalue weighted by Crippen LogP contribution is -2.43. The van der Waals surface area contributed by atoms with Crippen molar-refractivity contribution in [1.82, 2.24) is 10.2 Å². The third kappa shape index (κ3) is 4.12. The predicted molar refractivity (Wildman–Crippen MR) is 108 cm³/mol. The summed E-state index contributed by atoms with van der Waals surface area (Å²) in [5.41, 5.74) is 3.09. The van der Waals surface area contributed by atoms with Crippen LogP contribution in [-0.4, -0.2) is 36.3 Å². The summed E-state index contributed by atoms with van der Waals surface area (Å²) >= 11 is 1.59. The van der Waals surface area contributed by atoms with Gasteiger partial charge in [0, 0.05) is 25.2 Å². The number of hydrogen-bond donors (Lipinski definition) is 1. The van der Waals surface area contributed by atoms with Gasteiger partial charge < -0.3 is 10.2 Å². The summed E-state index contributed by atoms with van der Waals surface area (Å²) in [5.74, 6) is -0.148. The zero-order valence-electron chi connectivity index (χ0n) is 15.9. The number of thiophene rings is 1. The average Bonchev–Trinajstić information content (AvgIpc) is 3.16. The van der Waals surface area contributed by atoms with E-state index in [2.05, 4.69) is 10.7 Å². The third-order valence-corrected chi connectivity index (χ3v) is 6.82. The van der Waals surface area contributed by atoms with Crippen LogP contribution < -0.4 is 5.32 Å². The van der Waals surface area contributed by atoms with Crippen molar-refractivity contribution in [3.8, 4) is 0 Å². The topological polar surface area (TPSA) is 49.4 Å². The SMILES string of the molecule is O=C(NCC1CCCN(C(=O)c2scc3c2CCCC3)C1)c1ccc(F)cc1. The van der Waals surface area contributed by atoms with Gasteiger partial charge in [-0.25, -0.2) is 4.39 Å². The molecule has 1 saturated heterocycles. The predicted octanol–water partition coefficient (Wildman–Crippen LogP) is 4.05. The number of carbonyl (C=O) groups is 2. The summed E-state index contributed by atoms with van der Waals surface area (Å²) in [5, 5.41) is 5.09. The first kappa shape index (κ1) is 19.1. The Morgan fingerprint density at radius 1 is 1.14 bits per heavy atom. The molecule has 2 heterocycles. The fraction of sp³-hybridized carbons (Fsp3) is 0.455. The lowest BCUT2D eigenvalue weighted by atomic mass is 9.93.